The number of halogens is 1. The van der Waals surface area contributed by atoms with Gasteiger partial charge in [-0.3, -0.25) is 8.76 Å². The second kappa shape index (κ2) is 12.3. The molecular weight excluding hydrogens is 242 g/mol. The van der Waals surface area contributed by atoms with E-state index in [0.717, 1.165) is 0 Å². The summed E-state index contributed by atoms with van der Waals surface area (Å²) in [4.78, 5) is 0. The van der Waals surface area contributed by atoms with Crippen molar-refractivity contribution >= 4 is 31.4 Å². The molecule has 11 heteroatoms. The van der Waals surface area contributed by atoms with E-state index in [9.17, 15) is 0 Å². The summed E-state index contributed by atoms with van der Waals surface area (Å²) < 4.78 is 50.5. The minimum atomic E-state index is -4.19. The molecule has 0 aliphatic carbocycles. The van der Waals surface area contributed by atoms with Gasteiger partial charge in [-0.2, -0.15) is 8.42 Å². The van der Waals surface area contributed by atoms with Gasteiger partial charge in [-0.05, 0) is 0 Å². The molecule has 0 fully saturated rings. The average Bonchev–Trinajstić information content (AvgIpc) is 1.19. The number of rotatable bonds is 0. The predicted molar refractivity (Wildman–Crippen MR) is 27.1 cm³/mol. The van der Waals surface area contributed by atoms with E-state index >= 15 is 0 Å². The summed E-state index contributed by atoms with van der Waals surface area (Å²) in [5.74, 6) is 0. The molecule has 0 radical (unpaired) electrons. The summed E-state index contributed by atoms with van der Waals surface area (Å²) in [5.41, 5.74) is 0. The molecule has 6 nitrogen and oxygen atoms in total. The van der Waals surface area contributed by atoms with Crippen molar-refractivity contribution in [2.75, 3.05) is 0 Å². The van der Waals surface area contributed by atoms with Crippen molar-refractivity contribution in [3.63, 3.8) is 0 Å². The van der Waals surface area contributed by atoms with Crippen molar-refractivity contribution in [1.82, 2.24) is 0 Å². The van der Waals surface area contributed by atoms with Crippen LogP contribution in [0.15, 0.2) is 0 Å². The summed E-state index contributed by atoms with van der Waals surface area (Å²) in [7, 11) is -0.137. The topological polar surface area (TPSA) is 118 Å². The van der Waals surface area contributed by atoms with Gasteiger partial charge < -0.3 is 9.11 Å². The Morgan fingerprint density at radius 3 is 1.27 bits per heavy atom. The van der Waals surface area contributed by atoms with E-state index in [-0.39, 0.29) is 59.1 Å². The molecule has 0 aromatic carbocycles. The molecule has 0 rings (SSSR count). The SMILES string of the molecule is O=S(=O)(O)Cl.O=S([O-])[O-].[Na+].[Na+]. The van der Waals surface area contributed by atoms with Crippen LogP contribution in [0, 0.1) is 0 Å². The van der Waals surface area contributed by atoms with Crippen LogP contribution in [-0.4, -0.2) is 26.3 Å². The Labute approximate surface area is 115 Å². The van der Waals surface area contributed by atoms with Gasteiger partial charge in [-0.1, -0.05) is 0 Å². The molecule has 58 valence electrons. The first kappa shape index (κ1) is 23.2. The Morgan fingerprint density at radius 1 is 1.27 bits per heavy atom. The zero-order valence-electron chi connectivity index (χ0n) is 5.68. The fourth-order valence-electron chi connectivity index (χ4n) is 0. The maximum atomic E-state index is 8.95. The Kier molecular flexibility index (Phi) is 25.9. The van der Waals surface area contributed by atoms with E-state index in [1.165, 1.54) is 0 Å². The second-order valence-electron chi connectivity index (χ2n) is 0.616. The molecule has 0 bridgehead atoms. The van der Waals surface area contributed by atoms with Crippen molar-refractivity contribution in [2.24, 2.45) is 0 Å². The van der Waals surface area contributed by atoms with Crippen LogP contribution in [0.2, 0.25) is 0 Å². The third kappa shape index (κ3) is 251. The van der Waals surface area contributed by atoms with Crippen LogP contribution in [-0.2, 0) is 20.7 Å². The molecule has 0 unspecified atom stereocenters. The van der Waals surface area contributed by atoms with Crippen LogP contribution >= 0.6 is 10.7 Å². The molecule has 1 N–H and O–H groups in total. The van der Waals surface area contributed by atoms with Crippen molar-refractivity contribution in [2.45, 2.75) is 0 Å². The van der Waals surface area contributed by atoms with Gasteiger partial charge in [0.1, 0.15) is 0 Å². The van der Waals surface area contributed by atoms with Crippen LogP contribution < -0.4 is 59.1 Å². The van der Waals surface area contributed by atoms with E-state index in [4.69, 9.17) is 26.3 Å². The quantitative estimate of drug-likeness (QED) is 0.195. The van der Waals surface area contributed by atoms with Crippen molar-refractivity contribution in [3.05, 3.63) is 0 Å². The first-order chi connectivity index (χ1) is 3.73. The monoisotopic (exact) mass is 242 g/mol. The Bertz CT molecular complexity index is 161. The van der Waals surface area contributed by atoms with Crippen molar-refractivity contribution < 1.29 is 85.4 Å². The maximum absolute atomic E-state index is 8.95. The zero-order chi connectivity index (χ0) is 8.08. The van der Waals surface area contributed by atoms with Gasteiger partial charge >= 0.3 is 68.4 Å². The van der Waals surface area contributed by atoms with E-state index < -0.39 is 20.7 Å². The van der Waals surface area contributed by atoms with E-state index in [0.29, 0.717) is 0 Å². The fraction of sp³-hybridized carbons (Fsp3) is 0. The largest absolute Gasteiger partial charge is 1.00 e. The van der Waals surface area contributed by atoms with E-state index in [1.54, 1.807) is 0 Å². The maximum Gasteiger partial charge on any atom is 1.00 e. The molecule has 0 aromatic rings. The van der Waals surface area contributed by atoms with Crippen LogP contribution in [0.1, 0.15) is 0 Å². The minimum absolute atomic E-state index is 0. The smallest absolute Gasteiger partial charge is 0.784 e. The van der Waals surface area contributed by atoms with Gasteiger partial charge in [0, 0.05) is 10.7 Å². The minimum Gasteiger partial charge on any atom is -0.784 e. The average molecular weight is 243 g/mol. The molecule has 0 atom stereocenters. The molecular formula is HClNa2O6S2. The fourth-order valence-corrected chi connectivity index (χ4v) is 0. The van der Waals surface area contributed by atoms with E-state index in [1.807, 2.05) is 0 Å². The third-order valence-corrected chi connectivity index (χ3v) is 0. The molecule has 0 saturated carbocycles. The molecule has 0 aliphatic heterocycles. The molecule has 0 saturated heterocycles. The summed E-state index contributed by atoms with van der Waals surface area (Å²) in [5, 5.41) is 0. The van der Waals surface area contributed by atoms with Crippen LogP contribution in [0.25, 0.3) is 0 Å². The summed E-state index contributed by atoms with van der Waals surface area (Å²) in [6, 6.07) is 0. The van der Waals surface area contributed by atoms with Crippen LogP contribution in [0.5, 0.6) is 0 Å². The summed E-state index contributed by atoms with van der Waals surface area (Å²) >= 11 is -3.11. The standard InChI is InChI=1S/ClHO3S.2Na.H2O3S/c1-5(2,3)4;;;1-4(2)3/h(H,2,3,4);;;(H2,1,2,3)/q;2*+1;/p-2. The van der Waals surface area contributed by atoms with E-state index in [2.05, 4.69) is 10.7 Å². The first-order valence-corrected chi connectivity index (χ1v) is 4.44. The van der Waals surface area contributed by atoms with Crippen LogP contribution in [0.4, 0.5) is 0 Å². The molecule has 0 aliphatic rings. The van der Waals surface area contributed by atoms with Gasteiger partial charge in [-0.25, -0.2) is 0 Å². The van der Waals surface area contributed by atoms with Gasteiger partial charge in [0.25, 0.3) is 0 Å². The van der Waals surface area contributed by atoms with Gasteiger partial charge in [0.05, 0.1) is 0 Å². The van der Waals surface area contributed by atoms with Crippen LogP contribution in [0.3, 0.4) is 0 Å². The van der Waals surface area contributed by atoms with Gasteiger partial charge in [-0.15, -0.1) is 11.4 Å². The number of hydrogen-bond donors (Lipinski definition) is 1. The first-order valence-electron chi connectivity index (χ1n) is 1.17. The molecule has 0 heterocycles. The third-order valence-electron chi connectivity index (χ3n) is 0. The van der Waals surface area contributed by atoms with Crippen molar-refractivity contribution in [1.29, 1.82) is 0 Å². The van der Waals surface area contributed by atoms with Gasteiger partial charge in [0.2, 0.25) is 0 Å². The molecule has 0 aromatic heterocycles. The Morgan fingerprint density at radius 2 is 1.27 bits per heavy atom. The van der Waals surface area contributed by atoms with Gasteiger partial charge in [0.15, 0.2) is 0 Å². The molecule has 0 amide bonds. The normalized spacial score (nSPS) is 8.45. The summed E-state index contributed by atoms with van der Waals surface area (Å²) in [6.45, 7) is 0. The second-order valence-corrected chi connectivity index (χ2v) is 3.02. The molecule has 11 heavy (non-hydrogen) atoms. The summed E-state index contributed by atoms with van der Waals surface area (Å²) in [6.07, 6.45) is 0. The Balaban J connectivity index is -0.0000000383. The zero-order valence-corrected chi connectivity index (χ0v) is 12.1. The Hall–Kier alpha value is 2.27. The molecule has 0 spiro atoms. The number of hydrogen-bond acceptors (Lipinski definition) is 5. The predicted octanol–water partition coefficient (Wildman–Crippen LogP) is -6.97. The van der Waals surface area contributed by atoms with Crippen molar-refractivity contribution in [3.8, 4) is 0 Å².